The Morgan fingerprint density at radius 1 is 1.12 bits per heavy atom. The molecule has 0 aromatic rings. The standard InChI is InChI=1S/C23H36O3/c1-15-13-17(25)14-16-5-6-18-19-8-11-23(26,9-4-12-24)21(19,2)10-7-20(18)22(15,16)3/h13,16,18-20,24,26H,4-12,14H2,1-3H3/t16?,18-,19-,20+,21-,22-,23?/m0/s1. The summed E-state index contributed by atoms with van der Waals surface area (Å²) < 4.78 is 0. The Morgan fingerprint density at radius 2 is 1.85 bits per heavy atom. The third-order valence-electron chi connectivity index (χ3n) is 9.65. The van der Waals surface area contributed by atoms with Crippen molar-refractivity contribution in [3.63, 3.8) is 0 Å². The Morgan fingerprint density at radius 3 is 2.58 bits per heavy atom. The second kappa shape index (κ2) is 6.17. The van der Waals surface area contributed by atoms with Crippen LogP contribution in [0.25, 0.3) is 0 Å². The number of hydrogen-bond donors (Lipinski definition) is 2. The first-order valence-corrected chi connectivity index (χ1v) is 10.8. The number of aliphatic hydroxyl groups excluding tert-OH is 1. The largest absolute Gasteiger partial charge is 0.396 e. The molecule has 0 spiro atoms. The van der Waals surface area contributed by atoms with Crippen LogP contribution in [-0.2, 0) is 4.79 Å². The number of carbonyl (C=O) groups is 1. The van der Waals surface area contributed by atoms with Crippen LogP contribution in [0.1, 0.15) is 78.6 Å². The van der Waals surface area contributed by atoms with Gasteiger partial charge in [-0.1, -0.05) is 19.4 Å². The van der Waals surface area contributed by atoms with Gasteiger partial charge in [0.05, 0.1) is 5.60 Å². The molecular weight excluding hydrogens is 324 g/mol. The van der Waals surface area contributed by atoms with Gasteiger partial charge in [0, 0.05) is 13.0 Å². The molecule has 0 radical (unpaired) electrons. The third kappa shape index (κ3) is 2.35. The molecule has 0 amide bonds. The Balaban J connectivity index is 1.65. The van der Waals surface area contributed by atoms with Gasteiger partial charge in [-0.25, -0.2) is 0 Å². The molecule has 0 aliphatic heterocycles. The van der Waals surface area contributed by atoms with Gasteiger partial charge in [0.15, 0.2) is 5.78 Å². The van der Waals surface area contributed by atoms with Gasteiger partial charge in [-0.05, 0) is 98.9 Å². The first kappa shape index (κ1) is 18.7. The molecule has 3 saturated carbocycles. The lowest BCUT2D eigenvalue weighted by Crippen LogP contribution is -2.56. The Kier molecular flexibility index (Phi) is 4.43. The summed E-state index contributed by atoms with van der Waals surface area (Å²) in [4.78, 5) is 12.1. The van der Waals surface area contributed by atoms with E-state index in [2.05, 4.69) is 20.8 Å². The zero-order valence-electron chi connectivity index (χ0n) is 16.8. The molecule has 0 aromatic heterocycles. The van der Waals surface area contributed by atoms with Crippen molar-refractivity contribution in [1.29, 1.82) is 0 Å². The van der Waals surface area contributed by atoms with Crippen molar-refractivity contribution in [2.45, 2.75) is 84.2 Å². The zero-order valence-corrected chi connectivity index (χ0v) is 16.8. The summed E-state index contributed by atoms with van der Waals surface area (Å²) in [6.07, 6.45) is 10.8. The van der Waals surface area contributed by atoms with Crippen LogP contribution in [0.4, 0.5) is 0 Å². The summed E-state index contributed by atoms with van der Waals surface area (Å²) in [6.45, 7) is 7.13. The average molecular weight is 361 g/mol. The molecular formula is C23H36O3. The predicted octanol–water partition coefficient (Wildman–Crippen LogP) is 4.27. The van der Waals surface area contributed by atoms with Crippen molar-refractivity contribution in [2.75, 3.05) is 6.61 Å². The van der Waals surface area contributed by atoms with E-state index in [4.69, 9.17) is 0 Å². The van der Waals surface area contributed by atoms with Gasteiger partial charge in [-0.3, -0.25) is 4.79 Å². The fourth-order valence-electron chi connectivity index (χ4n) is 7.95. The number of fused-ring (bicyclic) bond motifs is 5. The van der Waals surface area contributed by atoms with Crippen molar-refractivity contribution < 1.29 is 15.0 Å². The lowest BCUT2D eigenvalue weighted by atomic mass is 9.44. The van der Waals surface area contributed by atoms with Crippen LogP contribution in [0.5, 0.6) is 0 Å². The van der Waals surface area contributed by atoms with Crippen LogP contribution in [-0.4, -0.2) is 28.2 Å². The molecule has 3 fully saturated rings. The van der Waals surface area contributed by atoms with Gasteiger partial charge in [0.1, 0.15) is 0 Å². The fraction of sp³-hybridized carbons (Fsp3) is 0.870. The van der Waals surface area contributed by atoms with Crippen LogP contribution in [0.15, 0.2) is 11.6 Å². The smallest absolute Gasteiger partial charge is 0.155 e. The number of aliphatic hydroxyl groups is 2. The minimum Gasteiger partial charge on any atom is -0.396 e. The number of hydrogen-bond acceptors (Lipinski definition) is 3. The molecule has 0 saturated heterocycles. The predicted molar refractivity (Wildman–Crippen MR) is 103 cm³/mol. The summed E-state index contributed by atoms with van der Waals surface area (Å²) >= 11 is 0. The maximum Gasteiger partial charge on any atom is 0.155 e. The number of carbonyl (C=O) groups excluding carboxylic acids is 1. The monoisotopic (exact) mass is 360 g/mol. The second-order valence-electron chi connectivity index (χ2n) is 10.3. The van der Waals surface area contributed by atoms with Crippen LogP contribution in [0.2, 0.25) is 0 Å². The molecule has 3 heteroatoms. The zero-order chi connectivity index (χ0) is 18.7. The molecule has 4 aliphatic carbocycles. The Labute approximate surface area is 158 Å². The normalized spacial score (nSPS) is 50.7. The minimum absolute atomic E-state index is 0.00532. The average Bonchev–Trinajstić information content (AvgIpc) is 2.86. The second-order valence-corrected chi connectivity index (χ2v) is 10.3. The topological polar surface area (TPSA) is 57.5 Å². The molecule has 146 valence electrons. The number of ketones is 1. The highest BCUT2D eigenvalue weighted by Gasteiger charge is 2.64. The molecule has 0 aromatic carbocycles. The SMILES string of the molecule is CC1=CC(=O)CC2CC[C@@H]3[C@@H](CC[C@@]4(C)[C@H]3CCC4(O)CCCO)[C@@]12C. The summed E-state index contributed by atoms with van der Waals surface area (Å²) in [5.41, 5.74) is 0.875. The van der Waals surface area contributed by atoms with E-state index in [9.17, 15) is 15.0 Å². The van der Waals surface area contributed by atoms with Crippen molar-refractivity contribution in [2.24, 2.45) is 34.5 Å². The van der Waals surface area contributed by atoms with Crippen LogP contribution >= 0.6 is 0 Å². The molecule has 26 heavy (non-hydrogen) atoms. The molecule has 2 unspecified atom stereocenters. The lowest BCUT2D eigenvalue weighted by Gasteiger charge is -2.61. The van der Waals surface area contributed by atoms with E-state index in [0.717, 1.165) is 38.5 Å². The summed E-state index contributed by atoms with van der Waals surface area (Å²) in [5.74, 6) is 2.76. The van der Waals surface area contributed by atoms with E-state index in [1.54, 1.807) is 0 Å². The molecule has 3 nitrogen and oxygen atoms in total. The van der Waals surface area contributed by atoms with E-state index >= 15 is 0 Å². The van der Waals surface area contributed by atoms with Gasteiger partial charge >= 0.3 is 0 Å². The highest BCUT2D eigenvalue weighted by molar-refractivity contribution is 5.91. The van der Waals surface area contributed by atoms with Gasteiger partial charge in [-0.2, -0.15) is 0 Å². The first-order valence-electron chi connectivity index (χ1n) is 10.8. The molecule has 7 atom stereocenters. The highest BCUT2D eigenvalue weighted by Crippen LogP contribution is 2.68. The van der Waals surface area contributed by atoms with Gasteiger partial charge in [0.25, 0.3) is 0 Å². The number of allylic oxidation sites excluding steroid dienone is 2. The minimum atomic E-state index is -0.601. The molecule has 4 rings (SSSR count). The van der Waals surface area contributed by atoms with Crippen molar-refractivity contribution in [3.05, 3.63) is 11.6 Å². The first-order chi connectivity index (χ1) is 12.3. The molecule has 0 heterocycles. The van der Waals surface area contributed by atoms with Gasteiger partial charge in [0.2, 0.25) is 0 Å². The molecule has 2 N–H and O–H groups in total. The highest BCUT2D eigenvalue weighted by atomic mass is 16.3. The summed E-state index contributed by atoms with van der Waals surface area (Å²) in [7, 11) is 0. The van der Waals surface area contributed by atoms with Crippen molar-refractivity contribution >= 4 is 5.78 Å². The summed E-state index contributed by atoms with van der Waals surface area (Å²) in [5, 5.41) is 20.8. The van der Waals surface area contributed by atoms with E-state index in [1.807, 2.05) is 6.08 Å². The fourth-order valence-corrected chi connectivity index (χ4v) is 7.95. The van der Waals surface area contributed by atoms with Crippen molar-refractivity contribution in [3.8, 4) is 0 Å². The summed E-state index contributed by atoms with van der Waals surface area (Å²) in [6, 6.07) is 0. The van der Waals surface area contributed by atoms with Crippen LogP contribution < -0.4 is 0 Å². The number of rotatable bonds is 3. The van der Waals surface area contributed by atoms with Crippen LogP contribution in [0.3, 0.4) is 0 Å². The van der Waals surface area contributed by atoms with E-state index in [-0.39, 0.29) is 17.4 Å². The maximum absolute atomic E-state index is 12.1. The van der Waals surface area contributed by atoms with Gasteiger partial charge in [-0.15, -0.1) is 0 Å². The lowest BCUT2D eigenvalue weighted by molar-refractivity contribution is -0.145. The van der Waals surface area contributed by atoms with Gasteiger partial charge < -0.3 is 10.2 Å². The van der Waals surface area contributed by atoms with Crippen LogP contribution in [0, 0.1) is 34.5 Å². The van der Waals surface area contributed by atoms with E-state index in [1.165, 1.54) is 18.4 Å². The molecule has 4 aliphatic rings. The third-order valence-corrected chi connectivity index (χ3v) is 9.65. The Hall–Kier alpha value is -0.670. The maximum atomic E-state index is 12.1. The Bertz CT molecular complexity index is 625. The quantitative estimate of drug-likeness (QED) is 0.790. The van der Waals surface area contributed by atoms with E-state index in [0.29, 0.717) is 35.9 Å². The molecule has 0 bridgehead atoms. The van der Waals surface area contributed by atoms with E-state index < -0.39 is 5.60 Å². The van der Waals surface area contributed by atoms with Crippen molar-refractivity contribution in [1.82, 2.24) is 0 Å².